The predicted molar refractivity (Wildman–Crippen MR) is 87.9 cm³/mol. The highest BCUT2D eigenvalue weighted by Crippen LogP contribution is 2.43. The van der Waals surface area contributed by atoms with Crippen molar-refractivity contribution in [1.82, 2.24) is 0 Å². The molecule has 0 radical (unpaired) electrons. The molecule has 2 atom stereocenters. The van der Waals surface area contributed by atoms with Gasteiger partial charge in [0.1, 0.15) is 11.9 Å². The normalized spacial score (nSPS) is 21.0. The van der Waals surface area contributed by atoms with Crippen LogP contribution in [0.3, 0.4) is 0 Å². The average molecular weight is 295 g/mol. The fourth-order valence-corrected chi connectivity index (χ4v) is 4.06. The van der Waals surface area contributed by atoms with E-state index in [4.69, 9.17) is 10.5 Å². The van der Waals surface area contributed by atoms with E-state index in [1.807, 2.05) is 6.07 Å². The van der Waals surface area contributed by atoms with E-state index in [-0.39, 0.29) is 12.1 Å². The molecular weight excluding hydrogens is 278 g/mol. The summed E-state index contributed by atoms with van der Waals surface area (Å²) >= 11 is 1.77. The third-order valence-corrected chi connectivity index (χ3v) is 5.14. The van der Waals surface area contributed by atoms with Crippen molar-refractivity contribution in [2.45, 2.75) is 25.5 Å². The largest absolute Gasteiger partial charge is 0.485 e. The molecule has 3 heteroatoms. The summed E-state index contributed by atoms with van der Waals surface area (Å²) in [5, 5.41) is 3.50. The number of hydrogen-bond acceptors (Lipinski definition) is 3. The molecule has 106 valence electrons. The summed E-state index contributed by atoms with van der Waals surface area (Å²) in [6.45, 7) is 2.09. The Kier molecular flexibility index (Phi) is 2.98. The highest BCUT2D eigenvalue weighted by atomic mass is 32.1. The molecule has 0 fully saturated rings. The fraction of sp³-hybridized carbons (Fsp3) is 0.222. The van der Waals surface area contributed by atoms with Gasteiger partial charge in [-0.15, -0.1) is 11.3 Å². The smallest absolute Gasteiger partial charge is 0.127 e. The van der Waals surface area contributed by atoms with Gasteiger partial charge in [0.2, 0.25) is 0 Å². The van der Waals surface area contributed by atoms with Gasteiger partial charge >= 0.3 is 0 Å². The third-order valence-electron chi connectivity index (χ3n) is 4.16. The quantitative estimate of drug-likeness (QED) is 0.704. The monoisotopic (exact) mass is 295 g/mol. The van der Waals surface area contributed by atoms with E-state index in [1.165, 1.54) is 21.2 Å². The van der Waals surface area contributed by atoms with Crippen LogP contribution in [-0.2, 0) is 0 Å². The lowest BCUT2D eigenvalue weighted by Crippen LogP contribution is -2.24. The van der Waals surface area contributed by atoms with Crippen LogP contribution < -0.4 is 10.5 Å². The molecule has 0 aliphatic carbocycles. The molecule has 2 N–H and O–H groups in total. The summed E-state index contributed by atoms with van der Waals surface area (Å²) in [6, 6.07) is 14.8. The van der Waals surface area contributed by atoms with Crippen molar-refractivity contribution in [1.29, 1.82) is 0 Å². The van der Waals surface area contributed by atoms with E-state index in [0.717, 1.165) is 17.7 Å². The van der Waals surface area contributed by atoms with Crippen LogP contribution in [0.4, 0.5) is 0 Å². The van der Waals surface area contributed by atoms with Gasteiger partial charge in [-0.3, -0.25) is 0 Å². The third kappa shape index (κ3) is 2.13. The van der Waals surface area contributed by atoms with E-state index < -0.39 is 0 Å². The van der Waals surface area contributed by atoms with E-state index in [9.17, 15) is 0 Å². The molecule has 0 amide bonds. The molecule has 21 heavy (non-hydrogen) atoms. The Bertz CT molecular complexity index is 808. The molecule has 2 aromatic carbocycles. The van der Waals surface area contributed by atoms with Gasteiger partial charge in [-0.1, -0.05) is 35.9 Å². The molecule has 0 bridgehead atoms. The van der Waals surface area contributed by atoms with Crippen LogP contribution in [0.25, 0.3) is 10.1 Å². The van der Waals surface area contributed by atoms with Crippen LogP contribution in [0.5, 0.6) is 5.75 Å². The first kappa shape index (κ1) is 12.9. The van der Waals surface area contributed by atoms with Crippen molar-refractivity contribution in [3.63, 3.8) is 0 Å². The minimum absolute atomic E-state index is 0.0392. The summed E-state index contributed by atoms with van der Waals surface area (Å²) in [4.78, 5) is 0. The first-order valence-electron chi connectivity index (χ1n) is 7.21. The first-order chi connectivity index (χ1) is 10.2. The number of nitrogens with two attached hydrogens (primary N) is 1. The number of aryl methyl sites for hydroxylation is 1. The number of rotatable bonds is 1. The minimum atomic E-state index is 0.0392. The van der Waals surface area contributed by atoms with Crippen LogP contribution in [0.1, 0.15) is 35.3 Å². The molecule has 0 saturated heterocycles. The van der Waals surface area contributed by atoms with Crippen LogP contribution in [0.15, 0.2) is 47.8 Å². The maximum atomic E-state index is 6.38. The Hall–Kier alpha value is -1.84. The zero-order valence-corrected chi connectivity index (χ0v) is 12.7. The summed E-state index contributed by atoms with van der Waals surface area (Å²) in [6.07, 6.45) is 0.878. The van der Waals surface area contributed by atoms with Crippen molar-refractivity contribution in [2.75, 3.05) is 0 Å². The molecule has 3 aromatic rings. The lowest BCUT2D eigenvalue weighted by Gasteiger charge is -2.30. The molecule has 1 aromatic heterocycles. The van der Waals surface area contributed by atoms with E-state index in [0.29, 0.717) is 0 Å². The Morgan fingerprint density at radius 1 is 1.14 bits per heavy atom. The second kappa shape index (κ2) is 4.86. The summed E-state index contributed by atoms with van der Waals surface area (Å²) in [7, 11) is 0. The van der Waals surface area contributed by atoms with E-state index >= 15 is 0 Å². The Labute approximate surface area is 128 Å². The second-order valence-electron chi connectivity index (χ2n) is 5.68. The van der Waals surface area contributed by atoms with Crippen molar-refractivity contribution >= 4 is 21.4 Å². The number of benzene rings is 2. The SMILES string of the molecule is Cc1ccc2c(c1)C(N)CC(c1csc3ccccc13)O2. The summed E-state index contributed by atoms with van der Waals surface area (Å²) in [5.74, 6) is 0.930. The van der Waals surface area contributed by atoms with E-state index in [2.05, 4.69) is 48.7 Å². The molecule has 0 spiro atoms. The van der Waals surface area contributed by atoms with Gasteiger partial charge in [0.25, 0.3) is 0 Å². The molecular formula is C18H17NOS. The van der Waals surface area contributed by atoms with Gasteiger partial charge in [-0.25, -0.2) is 0 Å². The Morgan fingerprint density at radius 2 is 2.00 bits per heavy atom. The number of ether oxygens (including phenoxy) is 1. The fourth-order valence-electron chi connectivity index (χ4n) is 3.06. The van der Waals surface area contributed by atoms with Gasteiger partial charge in [-0.05, 0) is 29.8 Å². The molecule has 2 heterocycles. The lowest BCUT2D eigenvalue weighted by atomic mass is 9.92. The number of fused-ring (bicyclic) bond motifs is 2. The zero-order chi connectivity index (χ0) is 14.4. The summed E-state index contributed by atoms with van der Waals surface area (Å²) in [5.41, 5.74) is 10.00. The maximum Gasteiger partial charge on any atom is 0.127 e. The minimum Gasteiger partial charge on any atom is -0.485 e. The molecule has 2 nitrogen and oxygen atoms in total. The first-order valence-corrected chi connectivity index (χ1v) is 8.09. The molecule has 2 unspecified atom stereocenters. The standard InChI is InChI=1S/C18H17NOS/c1-11-6-7-16-13(8-11)15(19)9-17(20-16)14-10-21-18-5-3-2-4-12(14)18/h2-8,10,15,17H,9,19H2,1H3. The van der Waals surface area contributed by atoms with Crippen LogP contribution in [0, 0.1) is 6.92 Å². The zero-order valence-electron chi connectivity index (χ0n) is 11.9. The van der Waals surface area contributed by atoms with Crippen LogP contribution in [-0.4, -0.2) is 0 Å². The Balaban J connectivity index is 1.76. The van der Waals surface area contributed by atoms with Crippen molar-refractivity contribution in [2.24, 2.45) is 5.73 Å². The summed E-state index contributed by atoms with van der Waals surface area (Å²) < 4.78 is 7.54. The highest BCUT2D eigenvalue weighted by Gasteiger charge is 2.28. The number of thiophene rings is 1. The molecule has 0 saturated carbocycles. The second-order valence-corrected chi connectivity index (χ2v) is 6.59. The topological polar surface area (TPSA) is 35.2 Å². The van der Waals surface area contributed by atoms with Crippen LogP contribution in [0.2, 0.25) is 0 Å². The van der Waals surface area contributed by atoms with E-state index in [1.54, 1.807) is 11.3 Å². The van der Waals surface area contributed by atoms with Crippen molar-refractivity contribution in [3.05, 3.63) is 64.5 Å². The molecule has 1 aliphatic heterocycles. The maximum absolute atomic E-state index is 6.38. The van der Waals surface area contributed by atoms with Crippen LogP contribution >= 0.6 is 11.3 Å². The Morgan fingerprint density at radius 3 is 2.90 bits per heavy atom. The lowest BCUT2D eigenvalue weighted by molar-refractivity contribution is 0.163. The predicted octanol–water partition coefficient (Wildman–Crippen LogP) is 4.73. The van der Waals surface area contributed by atoms with Gasteiger partial charge in [0, 0.05) is 28.3 Å². The van der Waals surface area contributed by atoms with Gasteiger partial charge < -0.3 is 10.5 Å². The van der Waals surface area contributed by atoms with Gasteiger partial charge in [-0.2, -0.15) is 0 Å². The number of hydrogen-bond donors (Lipinski definition) is 1. The van der Waals surface area contributed by atoms with Gasteiger partial charge in [0.15, 0.2) is 0 Å². The molecule has 1 aliphatic rings. The molecule has 4 rings (SSSR count). The van der Waals surface area contributed by atoms with Crippen molar-refractivity contribution in [3.8, 4) is 5.75 Å². The van der Waals surface area contributed by atoms with Gasteiger partial charge in [0.05, 0.1) is 0 Å². The highest BCUT2D eigenvalue weighted by molar-refractivity contribution is 7.17. The average Bonchev–Trinajstić information content (AvgIpc) is 2.92. The van der Waals surface area contributed by atoms with Crippen molar-refractivity contribution < 1.29 is 4.74 Å².